The molecule has 2 aromatic rings. The van der Waals surface area contributed by atoms with Crippen LogP contribution in [-0.2, 0) is 20.7 Å². The number of amides is 3. The molecule has 2 rings (SSSR count). The Hall–Kier alpha value is -4.32. The Balaban J connectivity index is 2.53. The Labute approximate surface area is 230 Å². The zero-order valence-electron chi connectivity index (χ0n) is 23.1. The highest BCUT2D eigenvalue weighted by molar-refractivity contribution is 5.92. The highest BCUT2D eigenvalue weighted by Crippen LogP contribution is 2.25. The van der Waals surface area contributed by atoms with Gasteiger partial charge in [-0.3, -0.25) is 9.59 Å². The summed E-state index contributed by atoms with van der Waals surface area (Å²) in [6.07, 6.45) is 2.47. The molecule has 0 bridgehead atoms. The lowest BCUT2D eigenvalue weighted by molar-refractivity contribution is -0.141. The Morgan fingerprint density at radius 2 is 1.87 bits per heavy atom. The molecule has 0 saturated carbocycles. The summed E-state index contributed by atoms with van der Waals surface area (Å²) in [5.41, 5.74) is 1.09. The number of hydrogen-bond acceptors (Lipinski definition) is 6. The SMILES string of the molecule is C=Cc1cccc(C(C(=O)NCCCC)N(CC#N)C(=O)C(Cc2ccc(O)cc2)NC(=O)OC(C)(C)C)c1. The third-order valence-corrected chi connectivity index (χ3v) is 5.74. The summed E-state index contributed by atoms with van der Waals surface area (Å²) in [7, 11) is 0. The summed E-state index contributed by atoms with van der Waals surface area (Å²) in [5, 5.41) is 24.8. The molecule has 3 amide bonds. The van der Waals surface area contributed by atoms with Crippen LogP contribution in [0.25, 0.3) is 6.08 Å². The van der Waals surface area contributed by atoms with Crippen molar-refractivity contribution < 1.29 is 24.2 Å². The zero-order valence-corrected chi connectivity index (χ0v) is 23.1. The molecule has 2 atom stereocenters. The first-order valence-corrected chi connectivity index (χ1v) is 12.9. The lowest BCUT2D eigenvalue weighted by atomic mass is 9.99. The Morgan fingerprint density at radius 3 is 2.46 bits per heavy atom. The van der Waals surface area contributed by atoms with E-state index in [1.165, 1.54) is 17.0 Å². The molecule has 0 saturated heterocycles. The Kier molecular flexibility index (Phi) is 11.5. The van der Waals surface area contributed by atoms with Gasteiger partial charge in [0.05, 0.1) is 6.07 Å². The minimum atomic E-state index is -1.16. The first-order valence-electron chi connectivity index (χ1n) is 12.9. The summed E-state index contributed by atoms with van der Waals surface area (Å²) < 4.78 is 5.39. The molecule has 208 valence electrons. The van der Waals surface area contributed by atoms with Crippen molar-refractivity contribution in [2.45, 2.75) is 64.6 Å². The molecule has 0 aliphatic heterocycles. The number of aromatic hydroxyl groups is 1. The Morgan fingerprint density at radius 1 is 1.18 bits per heavy atom. The average Bonchev–Trinajstić information content (AvgIpc) is 2.88. The molecule has 0 aromatic heterocycles. The standard InChI is InChI=1S/C30H38N4O5/c1-6-8-17-32-27(36)26(23-11-9-10-21(7-2)19-23)34(18-16-31)28(37)25(33-29(38)39-30(3,4)5)20-22-12-14-24(35)15-13-22/h7,9-15,19,25-26,35H,2,6,8,17-18,20H2,1,3-5H3,(H,32,36)(H,33,38). The molecule has 39 heavy (non-hydrogen) atoms. The lowest BCUT2D eigenvalue weighted by Crippen LogP contribution is -2.54. The number of ether oxygens (including phenoxy) is 1. The number of hydrogen-bond donors (Lipinski definition) is 3. The molecular formula is C30H38N4O5. The molecule has 3 N–H and O–H groups in total. The number of nitriles is 1. The van der Waals surface area contributed by atoms with Gasteiger partial charge in [-0.1, -0.05) is 56.3 Å². The molecular weight excluding hydrogens is 496 g/mol. The number of nitrogens with zero attached hydrogens (tertiary/aromatic N) is 2. The number of nitrogens with one attached hydrogen (secondary N) is 2. The minimum Gasteiger partial charge on any atom is -0.508 e. The molecule has 9 nitrogen and oxygen atoms in total. The number of alkyl carbamates (subject to hydrolysis) is 1. The van der Waals surface area contributed by atoms with Gasteiger partial charge in [-0.25, -0.2) is 4.79 Å². The summed E-state index contributed by atoms with van der Waals surface area (Å²) in [4.78, 5) is 41.5. The van der Waals surface area contributed by atoms with Gasteiger partial charge in [0.15, 0.2) is 0 Å². The normalized spacial score (nSPS) is 12.4. The molecule has 9 heteroatoms. The fourth-order valence-corrected chi connectivity index (χ4v) is 3.90. The van der Waals surface area contributed by atoms with E-state index < -0.39 is 42.1 Å². The second kappa shape index (κ2) is 14.6. The topological polar surface area (TPSA) is 132 Å². The molecule has 0 heterocycles. The van der Waals surface area contributed by atoms with Crippen LogP contribution >= 0.6 is 0 Å². The molecule has 0 aliphatic carbocycles. The highest BCUT2D eigenvalue weighted by atomic mass is 16.6. The molecule has 0 fully saturated rings. The molecule has 0 spiro atoms. The van der Waals surface area contributed by atoms with Crippen LogP contribution in [0.1, 0.15) is 63.3 Å². The second-order valence-electron chi connectivity index (χ2n) is 10.1. The van der Waals surface area contributed by atoms with Gasteiger partial charge in [0.2, 0.25) is 11.8 Å². The van der Waals surface area contributed by atoms with Crippen LogP contribution in [0.4, 0.5) is 4.79 Å². The quantitative estimate of drug-likeness (QED) is 0.272. The van der Waals surface area contributed by atoms with Gasteiger partial charge in [0.25, 0.3) is 0 Å². The minimum absolute atomic E-state index is 0.0388. The van der Waals surface area contributed by atoms with Crippen molar-refractivity contribution in [3.05, 3.63) is 71.8 Å². The highest BCUT2D eigenvalue weighted by Gasteiger charge is 2.36. The smallest absolute Gasteiger partial charge is 0.408 e. The van der Waals surface area contributed by atoms with E-state index in [1.807, 2.05) is 19.1 Å². The van der Waals surface area contributed by atoms with Gasteiger partial charge in [-0.05, 0) is 62.1 Å². The number of rotatable bonds is 12. The summed E-state index contributed by atoms with van der Waals surface area (Å²) in [6.45, 7) is 10.9. The van der Waals surface area contributed by atoms with Gasteiger partial charge in [-0.15, -0.1) is 0 Å². The van der Waals surface area contributed by atoms with Gasteiger partial charge in [0.1, 0.15) is 30.0 Å². The van der Waals surface area contributed by atoms with Crippen molar-refractivity contribution in [2.24, 2.45) is 0 Å². The van der Waals surface area contributed by atoms with Gasteiger partial charge in [0, 0.05) is 13.0 Å². The molecule has 0 radical (unpaired) electrons. The first kappa shape index (κ1) is 30.9. The first-order chi connectivity index (χ1) is 18.5. The zero-order chi connectivity index (χ0) is 29.0. The van der Waals surface area contributed by atoms with Crippen LogP contribution in [0, 0.1) is 11.3 Å². The van der Waals surface area contributed by atoms with Crippen molar-refractivity contribution in [1.82, 2.24) is 15.5 Å². The summed E-state index contributed by atoms with van der Waals surface area (Å²) in [5.74, 6) is -1.01. The number of carbonyl (C=O) groups is 3. The van der Waals surface area contributed by atoms with E-state index in [1.54, 1.807) is 57.2 Å². The third kappa shape index (κ3) is 9.82. The fraction of sp³-hybridized carbons (Fsp3) is 0.400. The van der Waals surface area contributed by atoms with E-state index in [0.717, 1.165) is 18.4 Å². The van der Waals surface area contributed by atoms with Crippen LogP contribution in [-0.4, -0.2) is 52.6 Å². The predicted molar refractivity (Wildman–Crippen MR) is 149 cm³/mol. The number of carbonyl (C=O) groups excluding carboxylic acids is 3. The van der Waals surface area contributed by atoms with Crippen molar-refractivity contribution in [1.29, 1.82) is 5.26 Å². The van der Waals surface area contributed by atoms with Crippen LogP contribution in [0.15, 0.2) is 55.1 Å². The summed E-state index contributed by atoms with van der Waals surface area (Å²) in [6, 6.07) is 12.9. The number of benzene rings is 2. The fourth-order valence-electron chi connectivity index (χ4n) is 3.90. The van der Waals surface area contributed by atoms with E-state index >= 15 is 0 Å². The van der Waals surface area contributed by atoms with E-state index in [0.29, 0.717) is 17.7 Å². The number of phenolic OH excluding ortho intramolecular Hbond substituents is 1. The van der Waals surface area contributed by atoms with Crippen molar-refractivity contribution in [2.75, 3.05) is 13.1 Å². The average molecular weight is 535 g/mol. The maximum absolute atomic E-state index is 14.1. The summed E-state index contributed by atoms with van der Waals surface area (Å²) >= 11 is 0. The lowest BCUT2D eigenvalue weighted by Gasteiger charge is -2.33. The predicted octanol–water partition coefficient (Wildman–Crippen LogP) is 4.48. The van der Waals surface area contributed by atoms with Crippen molar-refractivity contribution in [3.63, 3.8) is 0 Å². The van der Waals surface area contributed by atoms with E-state index in [-0.39, 0.29) is 12.2 Å². The molecule has 2 unspecified atom stereocenters. The number of phenols is 1. The monoisotopic (exact) mass is 534 g/mol. The van der Waals surface area contributed by atoms with Crippen molar-refractivity contribution >= 4 is 24.0 Å². The number of unbranched alkanes of at least 4 members (excludes halogenated alkanes) is 1. The van der Waals surface area contributed by atoms with Gasteiger partial charge in [-0.2, -0.15) is 5.26 Å². The Bertz CT molecular complexity index is 1180. The van der Waals surface area contributed by atoms with Crippen LogP contribution in [0.3, 0.4) is 0 Å². The van der Waals surface area contributed by atoms with Crippen molar-refractivity contribution in [3.8, 4) is 11.8 Å². The van der Waals surface area contributed by atoms with Gasteiger partial charge < -0.3 is 25.4 Å². The van der Waals surface area contributed by atoms with E-state index in [2.05, 4.69) is 17.2 Å². The van der Waals surface area contributed by atoms with E-state index in [4.69, 9.17) is 4.74 Å². The van der Waals surface area contributed by atoms with Crippen LogP contribution in [0.2, 0.25) is 0 Å². The van der Waals surface area contributed by atoms with E-state index in [9.17, 15) is 24.8 Å². The third-order valence-electron chi connectivity index (χ3n) is 5.74. The largest absolute Gasteiger partial charge is 0.508 e. The van der Waals surface area contributed by atoms with Crippen LogP contribution < -0.4 is 10.6 Å². The second-order valence-corrected chi connectivity index (χ2v) is 10.1. The maximum Gasteiger partial charge on any atom is 0.408 e. The maximum atomic E-state index is 14.1. The van der Waals surface area contributed by atoms with Gasteiger partial charge >= 0.3 is 6.09 Å². The van der Waals surface area contributed by atoms with Crippen LogP contribution in [0.5, 0.6) is 5.75 Å². The molecule has 0 aliphatic rings. The molecule has 2 aromatic carbocycles.